The van der Waals surface area contributed by atoms with E-state index >= 15 is 0 Å². The Morgan fingerprint density at radius 2 is 2.22 bits per heavy atom. The van der Waals surface area contributed by atoms with Gasteiger partial charge in [0.05, 0.1) is 16.6 Å². The standard InChI is InChI=1S/C15H14N4O3S/c1-3-10-13(23-19-18-10)15(21)22-7-11-16-12-8(2)5-4-6-9(12)14(20)17-11/h4-6H,3,7H2,1-2H3,(H,16,17,20). The van der Waals surface area contributed by atoms with Gasteiger partial charge in [-0.1, -0.05) is 23.5 Å². The average Bonchev–Trinajstić information content (AvgIpc) is 3.02. The number of rotatable bonds is 4. The maximum absolute atomic E-state index is 12.1. The van der Waals surface area contributed by atoms with Crippen LogP contribution in [0, 0.1) is 6.92 Å². The maximum Gasteiger partial charge on any atom is 0.352 e. The Balaban J connectivity index is 1.84. The lowest BCUT2D eigenvalue weighted by Crippen LogP contribution is -2.15. The number of hydrogen-bond acceptors (Lipinski definition) is 7. The van der Waals surface area contributed by atoms with Gasteiger partial charge in [0.1, 0.15) is 12.4 Å². The summed E-state index contributed by atoms with van der Waals surface area (Å²) >= 11 is 0.998. The van der Waals surface area contributed by atoms with Gasteiger partial charge in [-0.2, -0.15) is 0 Å². The van der Waals surface area contributed by atoms with Crippen LogP contribution in [0.3, 0.4) is 0 Å². The molecule has 0 aliphatic heterocycles. The van der Waals surface area contributed by atoms with Crippen LogP contribution in [0.5, 0.6) is 0 Å². The van der Waals surface area contributed by atoms with Crippen molar-refractivity contribution in [1.29, 1.82) is 0 Å². The van der Waals surface area contributed by atoms with Crippen molar-refractivity contribution < 1.29 is 9.53 Å². The van der Waals surface area contributed by atoms with E-state index in [0.29, 0.717) is 33.7 Å². The summed E-state index contributed by atoms with van der Waals surface area (Å²) in [5.74, 6) is -0.204. The fourth-order valence-corrected chi connectivity index (χ4v) is 2.86. The zero-order chi connectivity index (χ0) is 16.4. The molecule has 0 saturated heterocycles. The number of para-hydroxylation sites is 1. The lowest BCUT2D eigenvalue weighted by molar-refractivity contribution is 0.0466. The van der Waals surface area contributed by atoms with E-state index in [2.05, 4.69) is 19.6 Å². The Morgan fingerprint density at radius 1 is 1.39 bits per heavy atom. The molecule has 23 heavy (non-hydrogen) atoms. The van der Waals surface area contributed by atoms with Crippen LogP contribution in [-0.4, -0.2) is 25.5 Å². The third kappa shape index (κ3) is 2.98. The first-order chi connectivity index (χ1) is 11.1. The van der Waals surface area contributed by atoms with E-state index in [-0.39, 0.29) is 12.2 Å². The molecule has 0 aliphatic rings. The van der Waals surface area contributed by atoms with Gasteiger partial charge in [0, 0.05) is 0 Å². The molecule has 3 rings (SSSR count). The van der Waals surface area contributed by atoms with E-state index in [4.69, 9.17) is 4.74 Å². The number of nitrogens with zero attached hydrogens (tertiary/aromatic N) is 3. The molecule has 0 fully saturated rings. The minimum Gasteiger partial charge on any atom is -0.453 e. The summed E-state index contributed by atoms with van der Waals surface area (Å²) in [5, 5.41) is 4.39. The molecule has 0 amide bonds. The number of aryl methyl sites for hydroxylation is 2. The Labute approximate surface area is 135 Å². The van der Waals surface area contributed by atoms with Crippen LogP contribution in [0.2, 0.25) is 0 Å². The molecule has 0 radical (unpaired) electrons. The number of hydrogen-bond donors (Lipinski definition) is 1. The summed E-state index contributed by atoms with van der Waals surface area (Å²) in [6, 6.07) is 5.39. The summed E-state index contributed by atoms with van der Waals surface area (Å²) in [7, 11) is 0. The number of carbonyl (C=O) groups excluding carboxylic acids is 1. The minimum atomic E-state index is -0.510. The van der Waals surface area contributed by atoms with Crippen molar-refractivity contribution in [2.24, 2.45) is 0 Å². The summed E-state index contributed by atoms with van der Waals surface area (Å²) < 4.78 is 8.97. The van der Waals surface area contributed by atoms with Crippen LogP contribution in [0.4, 0.5) is 0 Å². The number of ether oxygens (including phenoxy) is 1. The average molecular weight is 330 g/mol. The summed E-state index contributed by atoms with van der Waals surface area (Å²) in [6.07, 6.45) is 0.602. The van der Waals surface area contributed by atoms with Gasteiger partial charge in [-0.25, -0.2) is 9.78 Å². The van der Waals surface area contributed by atoms with Crippen molar-refractivity contribution in [2.45, 2.75) is 26.9 Å². The van der Waals surface area contributed by atoms with Gasteiger partial charge in [-0.05, 0) is 36.5 Å². The number of benzene rings is 1. The second kappa shape index (κ2) is 6.25. The van der Waals surface area contributed by atoms with Crippen LogP contribution < -0.4 is 5.56 Å². The molecule has 7 nitrogen and oxygen atoms in total. The smallest absolute Gasteiger partial charge is 0.352 e. The molecule has 0 saturated carbocycles. The third-order valence-corrected chi connectivity index (χ3v) is 4.15. The fourth-order valence-electron chi connectivity index (χ4n) is 2.21. The van der Waals surface area contributed by atoms with Crippen LogP contribution in [0.25, 0.3) is 10.9 Å². The molecule has 0 atom stereocenters. The first-order valence-corrected chi connectivity index (χ1v) is 7.84. The number of carbonyl (C=O) groups is 1. The Bertz CT molecular complexity index is 932. The number of H-pyrrole nitrogens is 1. The van der Waals surface area contributed by atoms with E-state index in [1.807, 2.05) is 19.9 Å². The number of aromatic nitrogens is 4. The highest BCUT2D eigenvalue weighted by molar-refractivity contribution is 7.07. The van der Waals surface area contributed by atoms with Gasteiger partial charge >= 0.3 is 5.97 Å². The van der Waals surface area contributed by atoms with E-state index in [0.717, 1.165) is 17.1 Å². The largest absolute Gasteiger partial charge is 0.453 e. The van der Waals surface area contributed by atoms with E-state index in [9.17, 15) is 9.59 Å². The van der Waals surface area contributed by atoms with Crippen LogP contribution in [-0.2, 0) is 17.8 Å². The SMILES string of the molecule is CCc1nnsc1C(=O)OCc1nc2c(C)cccc2c(=O)[nH]1. The van der Waals surface area contributed by atoms with Gasteiger partial charge in [-0.3, -0.25) is 4.79 Å². The van der Waals surface area contributed by atoms with E-state index < -0.39 is 5.97 Å². The van der Waals surface area contributed by atoms with Gasteiger partial charge in [0.25, 0.3) is 5.56 Å². The van der Waals surface area contributed by atoms with Crippen LogP contribution >= 0.6 is 11.5 Å². The quantitative estimate of drug-likeness (QED) is 0.735. The number of nitrogens with one attached hydrogen (secondary N) is 1. The number of esters is 1. The highest BCUT2D eigenvalue weighted by atomic mass is 32.1. The molecule has 118 valence electrons. The van der Waals surface area contributed by atoms with Crippen molar-refractivity contribution in [2.75, 3.05) is 0 Å². The molecule has 1 aromatic carbocycles. The Kier molecular flexibility index (Phi) is 4.16. The first kappa shape index (κ1) is 15.3. The molecule has 0 spiro atoms. The maximum atomic E-state index is 12.1. The molecule has 2 heterocycles. The predicted octanol–water partition coefficient (Wildman–Crippen LogP) is 2.00. The van der Waals surface area contributed by atoms with Crippen molar-refractivity contribution in [3.8, 4) is 0 Å². The zero-order valence-electron chi connectivity index (χ0n) is 12.6. The monoisotopic (exact) mass is 330 g/mol. The van der Waals surface area contributed by atoms with Gasteiger partial charge < -0.3 is 9.72 Å². The van der Waals surface area contributed by atoms with Crippen LogP contribution in [0.1, 0.15) is 33.7 Å². The second-order valence-corrected chi connectivity index (χ2v) is 5.72. The predicted molar refractivity (Wildman–Crippen MR) is 85.5 cm³/mol. The summed E-state index contributed by atoms with van der Waals surface area (Å²) in [5.41, 5.74) is 1.85. The molecule has 3 aromatic rings. The molecular weight excluding hydrogens is 316 g/mol. The lowest BCUT2D eigenvalue weighted by Gasteiger charge is -2.06. The molecule has 0 bridgehead atoms. The molecule has 0 aliphatic carbocycles. The number of aromatic amines is 1. The molecule has 0 unspecified atom stereocenters. The molecule has 1 N–H and O–H groups in total. The topological polar surface area (TPSA) is 97.8 Å². The minimum absolute atomic E-state index is 0.112. The van der Waals surface area contributed by atoms with Crippen LogP contribution in [0.15, 0.2) is 23.0 Å². The zero-order valence-corrected chi connectivity index (χ0v) is 13.4. The third-order valence-electron chi connectivity index (χ3n) is 3.40. The number of fused-ring (bicyclic) bond motifs is 1. The molecule has 2 aromatic heterocycles. The summed E-state index contributed by atoms with van der Waals surface area (Å²) in [6.45, 7) is 3.65. The highest BCUT2D eigenvalue weighted by Gasteiger charge is 2.17. The molecule has 8 heteroatoms. The first-order valence-electron chi connectivity index (χ1n) is 7.07. The normalized spacial score (nSPS) is 10.9. The Hall–Kier alpha value is -2.61. The van der Waals surface area contributed by atoms with Gasteiger partial charge in [0.2, 0.25) is 0 Å². The second-order valence-electron chi connectivity index (χ2n) is 4.96. The van der Waals surface area contributed by atoms with Crippen molar-refractivity contribution in [3.05, 3.63) is 50.5 Å². The van der Waals surface area contributed by atoms with Crippen molar-refractivity contribution in [1.82, 2.24) is 19.6 Å². The van der Waals surface area contributed by atoms with Crippen molar-refractivity contribution in [3.63, 3.8) is 0 Å². The highest BCUT2D eigenvalue weighted by Crippen LogP contribution is 2.15. The Morgan fingerprint density at radius 3 is 3.00 bits per heavy atom. The van der Waals surface area contributed by atoms with E-state index in [1.165, 1.54) is 0 Å². The van der Waals surface area contributed by atoms with Gasteiger partial charge in [-0.15, -0.1) is 5.10 Å². The van der Waals surface area contributed by atoms with Gasteiger partial charge in [0.15, 0.2) is 4.88 Å². The van der Waals surface area contributed by atoms with E-state index in [1.54, 1.807) is 12.1 Å². The van der Waals surface area contributed by atoms with Crippen molar-refractivity contribution >= 4 is 28.4 Å². The molecular formula is C15H14N4O3S. The fraction of sp³-hybridized carbons (Fsp3) is 0.267. The lowest BCUT2D eigenvalue weighted by atomic mass is 10.1. The summed E-state index contributed by atoms with van der Waals surface area (Å²) in [4.78, 5) is 31.5.